The molecule has 0 aliphatic heterocycles. The van der Waals surface area contributed by atoms with Crippen molar-refractivity contribution in [3.8, 4) is 0 Å². The highest BCUT2D eigenvalue weighted by molar-refractivity contribution is 5.70. The average molecular weight is 829 g/mol. The zero-order valence-electron chi connectivity index (χ0n) is 38.4. The van der Waals surface area contributed by atoms with Crippen LogP contribution in [0, 0.1) is 0 Å². The van der Waals surface area contributed by atoms with E-state index in [-0.39, 0.29) is 25.2 Å². The molecular weight excluding hydrogens is 741 g/mol. The molecular formula is C55H88O5. The molecule has 0 heterocycles. The molecule has 338 valence electrons. The van der Waals surface area contributed by atoms with E-state index < -0.39 is 6.10 Å². The molecule has 0 aromatic carbocycles. The summed E-state index contributed by atoms with van der Waals surface area (Å²) in [5.41, 5.74) is 0. The summed E-state index contributed by atoms with van der Waals surface area (Å²) in [6.45, 7) is 3.97. The number of aliphatic hydroxyl groups is 1. The third-order valence-electron chi connectivity index (χ3n) is 9.74. The van der Waals surface area contributed by atoms with Gasteiger partial charge in [0.25, 0.3) is 0 Å². The Morgan fingerprint density at radius 3 is 1.10 bits per heavy atom. The Morgan fingerprint density at radius 1 is 0.400 bits per heavy atom. The molecule has 0 aliphatic carbocycles. The third-order valence-corrected chi connectivity index (χ3v) is 9.74. The minimum atomic E-state index is -0.793. The van der Waals surface area contributed by atoms with E-state index in [0.717, 1.165) is 122 Å². The number of ether oxygens (including phenoxy) is 2. The smallest absolute Gasteiger partial charge is 0.306 e. The minimum Gasteiger partial charge on any atom is -0.462 e. The van der Waals surface area contributed by atoms with E-state index in [4.69, 9.17) is 9.47 Å². The summed E-state index contributed by atoms with van der Waals surface area (Å²) < 4.78 is 10.6. The predicted octanol–water partition coefficient (Wildman–Crippen LogP) is 16.0. The lowest BCUT2D eigenvalue weighted by Crippen LogP contribution is -2.28. The minimum absolute atomic E-state index is 0.0854. The number of esters is 2. The molecule has 0 rings (SSSR count). The number of allylic oxidation sites excluding steroid dienone is 20. The summed E-state index contributed by atoms with van der Waals surface area (Å²) in [5, 5.41) is 9.59. The van der Waals surface area contributed by atoms with Gasteiger partial charge >= 0.3 is 11.9 Å². The Bertz CT molecular complexity index is 1260. The van der Waals surface area contributed by atoms with Crippen molar-refractivity contribution in [1.82, 2.24) is 0 Å². The molecule has 0 saturated heterocycles. The quantitative estimate of drug-likeness (QED) is 0.0377. The molecule has 1 N–H and O–H groups in total. The molecule has 0 aliphatic rings. The maximum Gasteiger partial charge on any atom is 0.306 e. The van der Waals surface area contributed by atoms with Gasteiger partial charge in [-0.15, -0.1) is 0 Å². The zero-order valence-corrected chi connectivity index (χ0v) is 38.4. The first-order valence-corrected chi connectivity index (χ1v) is 24.1. The lowest BCUT2D eigenvalue weighted by molar-refractivity contribution is -0.161. The Labute approximate surface area is 369 Å². The molecule has 0 fully saturated rings. The number of hydrogen-bond acceptors (Lipinski definition) is 5. The van der Waals surface area contributed by atoms with Crippen LogP contribution in [0.15, 0.2) is 122 Å². The molecule has 60 heavy (non-hydrogen) atoms. The molecule has 0 amide bonds. The van der Waals surface area contributed by atoms with Gasteiger partial charge in [-0.1, -0.05) is 193 Å². The van der Waals surface area contributed by atoms with Gasteiger partial charge in [0, 0.05) is 12.8 Å². The van der Waals surface area contributed by atoms with Gasteiger partial charge in [-0.25, -0.2) is 0 Å². The van der Waals surface area contributed by atoms with Crippen LogP contribution in [0.3, 0.4) is 0 Å². The second-order valence-corrected chi connectivity index (χ2v) is 15.4. The van der Waals surface area contributed by atoms with Crippen LogP contribution < -0.4 is 0 Å². The van der Waals surface area contributed by atoms with Gasteiger partial charge in [-0.05, 0) is 109 Å². The first kappa shape index (κ1) is 56.3. The maximum atomic E-state index is 12.2. The van der Waals surface area contributed by atoms with Crippen LogP contribution in [-0.4, -0.2) is 36.4 Å². The van der Waals surface area contributed by atoms with Crippen molar-refractivity contribution in [1.29, 1.82) is 0 Å². The van der Waals surface area contributed by atoms with Crippen molar-refractivity contribution >= 4 is 11.9 Å². The van der Waals surface area contributed by atoms with Crippen LogP contribution >= 0.6 is 0 Å². The van der Waals surface area contributed by atoms with Crippen LogP contribution in [0.5, 0.6) is 0 Å². The summed E-state index contributed by atoms with van der Waals surface area (Å²) in [7, 11) is 0. The van der Waals surface area contributed by atoms with Crippen molar-refractivity contribution < 1.29 is 24.2 Å². The fraction of sp³-hybridized carbons (Fsp3) is 0.600. The van der Waals surface area contributed by atoms with E-state index >= 15 is 0 Å². The Hall–Kier alpha value is -3.70. The highest BCUT2D eigenvalue weighted by atomic mass is 16.6. The van der Waals surface area contributed by atoms with Gasteiger partial charge in [0.2, 0.25) is 0 Å². The summed E-state index contributed by atoms with van der Waals surface area (Å²) in [5.74, 6) is -0.633. The number of carbonyl (C=O) groups excluding carboxylic acids is 2. The van der Waals surface area contributed by atoms with Crippen molar-refractivity contribution in [2.75, 3.05) is 13.2 Å². The van der Waals surface area contributed by atoms with Crippen molar-refractivity contribution in [3.05, 3.63) is 122 Å². The van der Waals surface area contributed by atoms with Crippen LogP contribution in [0.4, 0.5) is 0 Å². The van der Waals surface area contributed by atoms with Gasteiger partial charge in [0.1, 0.15) is 6.61 Å². The normalized spacial score (nSPS) is 13.3. The Kier molecular flexibility index (Phi) is 46.6. The zero-order chi connectivity index (χ0) is 43.5. The number of aliphatic hydroxyl groups excluding tert-OH is 1. The summed E-state index contributed by atoms with van der Waals surface area (Å²) >= 11 is 0. The number of rotatable bonds is 42. The molecule has 1 atom stereocenters. The van der Waals surface area contributed by atoms with E-state index in [9.17, 15) is 14.7 Å². The number of hydrogen-bond donors (Lipinski definition) is 1. The van der Waals surface area contributed by atoms with E-state index in [0.29, 0.717) is 12.8 Å². The monoisotopic (exact) mass is 829 g/mol. The van der Waals surface area contributed by atoms with Gasteiger partial charge in [0.15, 0.2) is 6.10 Å². The average Bonchev–Trinajstić information content (AvgIpc) is 3.25. The summed E-state index contributed by atoms with van der Waals surface area (Å²) in [6.07, 6.45) is 72.8. The molecule has 0 bridgehead atoms. The van der Waals surface area contributed by atoms with E-state index in [1.807, 2.05) is 0 Å². The van der Waals surface area contributed by atoms with Crippen molar-refractivity contribution in [3.63, 3.8) is 0 Å². The fourth-order valence-electron chi connectivity index (χ4n) is 6.13. The fourth-order valence-corrected chi connectivity index (χ4v) is 6.13. The first-order chi connectivity index (χ1) is 29.6. The highest BCUT2D eigenvalue weighted by Crippen LogP contribution is 2.12. The number of unbranched alkanes of at least 4 members (excludes halogenated alkanes) is 14. The first-order valence-electron chi connectivity index (χ1n) is 24.1. The standard InChI is InChI=1S/C55H88O5/c1-3-5-7-9-11-13-15-17-18-19-20-21-22-23-24-25-26-27-28-29-30-31-32-33-34-35-36-38-40-42-44-46-48-50-55(58)60-53(51-56)52-59-54(57)49-47-45-43-41-39-37-16-14-12-10-8-6-4-2/h5,7,11,13-14,16-18,20-21,23-24,26-27,29-30,32-33,35-36,53,56H,3-4,6,8-10,12,15,19,22,25,28,31,34,37-52H2,1-2H3/b7-5-,13-11-,16-14-,18-17-,21-20-,24-23-,27-26-,30-29-,33-32-,36-35-. The lowest BCUT2D eigenvalue weighted by atomic mass is 10.1. The summed E-state index contributed by atoms with van der Waals surface area (Å²) in [6, 6.07) is 0. The van der Waals surface area contributed by atoms with E-state index in [1.165, 1.54) is 44.9 Å². The van der Waals surface area contributed by atoms with Gasteiger partial charge in [-0.3, -0.25) is 9.59 Å². The largest absolute Gasteiger partial charge is 0.462 e. The number of carbonyl (C=O) groups is 2. The van der Waals surface area contributed by atoms with Crippen molar-refractivity contribution in [2.45, 2.75) is 200 Å². The van der Waals surface area contributed by atoms with Gasteiger partial charge in [0.05, 0.1) is 6.61 Å². The third kappa shape index (κ3) is 47.0. The molecule has 5 heteroatoms. The van der Waals surface area contributed by atoms with E-state index in [1.54, 1.807) is 0 Å². The van der Waals surface area contributed by atoms with Crippen LogP contribution in [0.25, 0.3) is 0 Å². The Balaban J connectivity index is 3.67. The van der Waals surface area contributed by atoms with Gasteiger partial charge < -0.3 is 14.6 Å². The van der Waals surface area contributed by atoms with E-state index in [2.05, 4.69) is 135 Å². The molecule has 0 aromatic rings. The topological polar surface area (TPSA) is 72.8 Å². The highest BCUT2D eigenvalue weighted by Gasteiger charge is 2.16. The van der Waals surface area contributed by atoms with Crippen LogP contribution in [0.2, 0.25) is 0 Å². The second-order valence-electron chi connectivity index (χ2n) is 15.4. The lowest BCUT2D eigenvalue weighted by Gasteiger charge is -2.15. The molecule has 0 aromatic heterocycles. The SMILES string of the molecule is CC/C=C\C/C=C\C/C=C\C/C=C\C/C=C\C/C=C\C/C=C\C/C=C\C/C=C\CCCCCCCC(=O)OC(CO)COC(=O)CCCCCCC/C=C\CCCCCC. The molecule has 0 radical (unpaired) electrons. The second kappa shape index (κ2) is 49.7. The predicted molar refractivity (Wildman–Crippen MR) is 260 cm³/mol. The molecule has 1 unspecified atom stereocenters. The molecule has 5 nitrogen and oxygen atoms in total. The van der Waals surface area contributed by atoms with Crippen LogP contribution in [-0.2, 0) is 19.1 Å². The maximum absolute atomic E-state index is 12.2. The Morgan fingerprint density at radius 2 is 0.717 bits per heavy atom. The summed E-state index contributed by atoms with van der Waals surface area (Å²) in [4.78, 5) is 24.3. The molecule has 0 spiro atoms. The molecule has 0 saturated carbocycles. The van der Waals surface area contributed by atoms with Crippen LogP contribution in [0.1, 0.15) is 194 Å². The van der Waals surface area contributed by atoms with Crippen molar-refractivity contribution in [2.24, 2.45) is 0 Å². The van der Waals surface area contributed by atoms with Gasteiger partial charge in [-0.2, -0.15) is 0 Å².